The Morgan fingerprint density at radius 3 is 2.65 bits per heavy atom. The maximum atomic E-state index is 3.59. The van der Waals surface area contributed by atoms with E-state index >= 15 is 0 Å². The molecule has 0 aromatic carbocycles. The van der Waals surface area contributed by atoms with E-state index in [1.165, 1.54) is 12.1 Å². The third-order valence-corrected chi connectivity index (χ3v) is 3.40. The lowest BCUT2D eigenvalue weighted by molar-refractivity contribution is 0.398. The minimum atomic E-state index is 0.168. The highest BCUT2D eigenvalue weighted by Gasteiger charge is 2.21. The van der Waals surface area contributed by atoms with Crippen molar-refractivity contribution in [3.05, 3.63) is 24.0 Å². The molecule has 0 aliphatic heterocycles. The molecule has 0 saturated heterocycles. The average Bonchev–Trinajstić information content (AvgIpc) is 2.81. The lowest BCUT2D eigenvalue weighted by atomic mass is 9.89. The first kappa shape index (κ1) is 14.3. The lowest BCUT2D eigenvalue weighted by Crippen LogP contribution is -2.37. The van der Waals surface area contributed by atoms with Crippen molar-refractivity contribution < 1.29 is 0 Å². The fourth-order valence-electron chi connectivity index (χ4n) is 2.08. The molecule has 0 spiro atoms. The Kier molecular flexibility index (Phi) is 5.72. The van der Waals surface area contributed by atoms with Crippen LogP contribution in [-0.4, -0.2) is 31.7 Å². The van der Waals surface area contributed by atoms with Gasteiger partial charge in [0, 0.05) is 23.9 Å². The van der Waals surface area contributed by atoms with Crippen LogP contribution in [-0.2, 0) is 5.41 Å². The summed E-state index contributed by atoms with van der Waals surface area (Å²) in [5.41, 5.74) is 1.47. The predicted octanol–water partition coefficient (Wildman–Crippen LogP) is 2.13. The standard InChI is InChI=1S/C14H27N3/c1-5-12(9-15-4)10-16-11-14(2,3)13-7-6-8-17-13/h6-8,12,15-17H,5,9-11H2,1-4H3. The number of nitrogens with one attached hydrogen (secondary N) is 3. The van der Waals surface area contributed by atoms with Gasteiger partial charge in [-0.2, -0.15) is 0 Å². The molecule has 0 bridgehead atoms. The number of aromatic nitrogens is 1. The second-order valence-corrected chi connectivity index (χ2v) is 5.43. The van der Waals surface area contributed by atoms with Crippen LogP contribution in [0.1, 0.15) is 32.9 Å². The van der Waals surface area contributed by atoms with Crippen molar-refractivity contribution in [1.82, 2.24) is 15.6 Å². The minimum Gasteiger partial charge on any atom is -0.365 e. The van der Waals surface area contributed by atoms with Gasteiger partial charge in [0.1, 0.15) is 0 Å². The summed E-state index contributed by atoms with van der Waals surface area (Å²) < 4.78 is 0. The molecule has 0 fully saturated rings. The highest BCUT2D eigenvalue weighted by molar-refractivity contribution is 5.15. The van der Waals surface area contributed by atoms with E-state index in [1.807, 2.05) is 13.2 Å². The van der Waals surface area contributed by atoms with E-state index in [2.05, 4.69) is 48.5 Å². The van der Waals surface area contributed by atoms with Crippen LogP contribution in [0.4, 0.5) is 0 Å². The Bertz CT molecular complexity index is 290. The van der Waals surface area contributed by atoms with Gasteiger partial charge < -0.3 is 15.6 Å². The zero-order valence-electron chi connectivity index (χ0n) is 11.6. The SMILES string of the molecule is CCC(CNC)CNCC(C)(C)c1ccc[nH]1. The van der Waals surface area contributed by atoms with Gasteiger partial charge in [-0.3, -0.25) is 0 Å². The second-order valence-electron chi connectivity index (χ2n) is 5.43. The molecule has 1 heterocycles. The normalized spacial score (nSPS) is 13.9. The summed E-state index contributed by atoms with van der Waals surface area (Å²) in [4.78, 5) is 3.30. The Morgan fingerprint density at radius 1 is 1.35 bits per heavy atom. The predicted molar refractivity (Wildman–Crippen MR) is 74.4 cm³/mol. The van der Waals surface area contributed by atoms with E-state index in [1.54, 1.807) is 0 Å². The zero-order valence-corrected chi connectivity index (χ0v) is 11.6. The minimum absolute atomic E-state index is 0.168. The Hall–Kier alpha value is -0.800. The average molecular weight is 237 g/mol. The molecule has 98 valence electrons. The van der Waals surface area contributed by atoms with Gasteiger partial charge in [-0.25, -0.2) is 0 Å². The van der Waals surface area contributed by atoms with Gasteiger partial charge >= 0.3 is 0 Å². The molecule has 1 atom stereocenters. The van der Waals surface area contributed by atoms with E-state index in [0.29, 0.717) is 0 Å². The van der Waals surface area contributed by atoms with E-state index < -0.39 is 0 Å². The summed E-state index contributed by atoms with van der Waals surface area (Å²) in [5, 5.41) is 6.84. The fourth-order valence-corrected chi connectivity index (χ4v) is 2.08. The van der Waals surface area contributed by atoms with Crippen molar-refractivity contribution >= 4 is 0 Å². The lowest BCUT2D eigenvalue weighted by Gasteiger charge is -2.25. The molecule has 17 heavy (non-hydrogen) atoms. The fraction of sp³-hybridized carbons (Fsp3) is 0.714. The third-order valence-electron chi connectivity index (χ3n) is 3.40. The second kappa shape index (κ2) is 6.82. The van der Waals surface area contributed by atoms with Gasteiger partial charge in [0.05, 0.1) is 0 Å². The molecule has 3 heteroatoms. The number of H-pyrrole nitrogens is 1. The van der Waals surface area contributed by atoms with Crippen molar-refractivity contribution in [3.8, 4) is 0 Å². The van der Waals surface area contributed by atoms with Gasteiger partial charge in [-0.1, -0.05) is 27.2 Å². The first-order valence-electron chi connectivity index (χ1n) is 6.59. The molecule has 1 aromatic rings. The summed E-state index contributed by atoms with van der Waals surface area (Å²) in [7, 11) is 2.02. The Morgan fingerprint density at radius 2 is 2.12 bits per heavy atom. The van der Waals surface area contributed by atoms with E-state index in [9.17, 15) is 0 Å². The van der Waals surface area contributed by atoms with Crippen LogP contribution in [0.25, 0.3) is 0 Å². The highest BCUT2D eigenvalue weighted by Crippen LogP contribution is 2.20. The third kappa shape index (κ3) is 4.52. The van der Waals surface area contributed by atoms with Crippen LogP contribution >= 0.6 is 0 Å². The number of rotatable bonds is 8. The van der Waals surface area contributed by atoms with Gasteiger partial charge in [0.2, 0.25) is 0 Å². The number of hydrogen-bond donors (Lipinski definition) is 3. The zero-order chi connectivity index (χ0) is 12.7. The molecular formula is C14H27N3. The maximum absolute atomic E-state index is 3.59. The molecule has 0 saturated carbocycles. The van der Waals surface area contributed by atoms with E-state index in [0.717, 1.165) is 25.6 Å². The van der Waals surface area contributed by atoms with Crippen LogP contribution in [0.3, 0.4) is 0 Å². The van der Waals surface area contributed by atoms with Crippen molar-refractivity contribution in [2.45, 2.75) is 32.6 Å². The molecule has 3 nitrogen and oxygen atoms in total. The Balaban J connectivity index is 2.35. The molecule has 0 radical (unpaired) electrons. The van der Waals surface area contributed by atoms with E-state index in [-0.39, 0.29) is 5.41 Å². The van der Waals surface area contributed by atoms with Crippen LogP contribution < -0.4 is 10.6 Å². The molecule has 3 N–H and O–H groups in total. The quantitative estimate of drug-likeness (QED) is 0.648. The maximum Gasteiger partial charge on any atom is 0.0217 e. The van der Waals surface area contributed by atoms with Gasteiger partial charge in [-0.05, 0) is 38.2 Å². The monoisotopic (exact) mass is 237 g/mol. The van der Waals surface area contributed by atoms with Gasteiger partial charge in [0.25, 0.3) is 0 Å². The molecule has 1 unspecified atom stereocenters. The van der Waals surface area contributed by atoms with Crippen LogP contribution in [0.5, 0.6) is 0 Å². The van der Waals surface area contributed by atoms with Crippen molar-refractivity contribution in [1.29, 1.82) is 0 Å². The Labute approximate surface area is 105 Å². The topological polar surface area (TPSA) is 39.8 Å². The van der Waals surface area contributed by atoms with Crippen LogP contribution in [0, 0.1) is 5.92 Å². The van der Waals surface area contributed by atoms with Crippen LogP contribution in [0.15, 0.2) is 18.3 Å². The smallest absolute Gasteiger partial charge is 0.0217 e. The molecule has 0 aliphatic rings. The van der Waals surface area contributed by atoms with Gasteiger partial charge in [0.15, 0.2) is 0 Å². The molecule has 1 aromatic heterocycles. The summed E-state index contributed by atoms with van der Waals surface area (Å²) >= 11 is 0. The molecule has 0 aliphatic carbocycles. The van der Waals surface area contributed by atoms with Crippen molar-refractivity contribution in [2.24, 2.45) is 5.92 Å². The van der Waals surface area contributed by atoms with Gasteiger partial charge in [-0.15, -0.1) is 0 Å². The first-order valence-corrected chi connectivity index (χ1v) is 6.59. The summed E-state index contributed by atoms with van der Waals surface area (Å²) in [6, 6.07) is 4.22. The number of aromatic amines is 1. The summed E-state index contributed by atoms with van der Waals surface area (Å²) in [6.07, 6.45) is 3.21. The van der Waals surface area contributed by atoms with Crippen molar-refractivity contribution in [3.63, 3.8) is 0 Å². The molecule has 1 rings (SSSR count). The molecular weight excluding hydrogens is 210 g/mol. The van der Waals surface area contributed by atoms with Crippen LogP contribution in [0.2, 0.25) is 0 Å². The summed E-state index contributed by atoms with van der Waals surface area (Å²) in [5.74, 6) is 0.722. The molecule has 0 amide bonds. The van der Waals surface area contributed by atoms with Crippen molar-refractivity contribution in [2.75, 3.05) is 26.7 Å². The first-order chi connectivity index (χ1) is 8.10. The summed E-state index contributed by atoms with van der Waals surface area (Å²) in [6.45, 7) is 9.97. The highest BCUT2D eigenvalue weighted by atomic mass is 14.9. The van der Waals surface area contributed by atoms with E-state index in [4.69, 9.17) is 0 Å². The largest absolute Gasteiger partial charge is 0.365 e. The number of hydrogen-bond acceptors (Lipinski definition) is 2.